The molecule has 2 atom stereocenters. The summed E-state index contributed by atoms with van der Waals surface area (Å²) < 4.78 is 1.94. The van der Waals surface area contributed by atoms with Gasteiger partial charge in [-0.05, 0) is 32.1 Å². The van der Waals surface area contributed by atoms with Gasteiger partial charge in [0.1, 0.15) is 5.82 Å². The molecule has 2 aromatic heterocycles. The standard InChI is InChI=1S/C12H18N6/c1-8-16-17-12-11(14-4-5-18(8)12)15-7-9-2-3-10(13)6-9/h4-5,9-10H,2-3,6-7,13H2,1H3,(H,14,15). The lowest BCUT2D eigenvalue weighted by Gasteiger charge is -2.11. The Hall–Kier alpha value is -1.69. The zero-order chi connectivity index (χ0) is 12.5. The molecule has 3 rings (SSSR count). The van der Waals surface area contributed by atoms with Crippen LogP contribution in [0.2, 0.25) is 0 Å². The van der Waals surface area contributed by atoms with E-state index in [2.05, 4.69) is 20.5 Å². The van der Waals surface area contributed by atoms with E-state index in [1.54, 1.807) is 6.20 Å². The minimum absolute atomic E-state index is 0.371. The Bertz CT molecular complexity index is 548. The van der Waals surface area contributed by atoms with Crippen LogP contribution < -0.4 is 11.1 Å². The normalized spacial score (nSPS) is 23.7. The van der Waals surface area contributed by atoms with Gasteiger partial charge in [0.15, 0.2) is 5.82 Å². The lowest BCUT2D eigenvalue weighted by atomic mass is 10.1. The fourth-order valence-electron chi connectivity index (χ4n) is 2.61. The molecule has 2 heterocycles. The third-order valence-corrected chi connectivity index (χ3v) is 3.64. The van der Waals surface area contributed by atoms with Gasteiger partial charge in [-0.2, -0.15) is 0 Å². The van der Waals surface area contributed by atoms with E-state index in [0.29, 0.717) is 12.0 Å². The Morgan fingerprint density at radius 2 is 2.33 bits per heavy atom. The Balaban J connectivity index is 1.74. The monoisotopic (exact) mass is 246 g/mol. The van der Waals surface area contributed by atoms with Crippen molar-refractivity contribution in [1.82, 2.24) is 19.6 Å². The number of nitrogens with two attached hydrogens (primary N) is 1. The van der Waals surface area contributed by atoms with Crippen LogP contribution in [0, 0.1) is 12.8 Å². The molecule has 1 aliphatic carbocycles. The summed E-state index contributed by atoms with van der Waals surface area (Å²) in [6, 6.07) is 0.371. The van der Waals surface area contributed by atoms with Gasteiger partial charge >= 0.3 is 0 Å². The molecule has 0 spiro atoms. The number of fused-ring (bicyclic) bond motifs is 1. The molecule has 1 fully saturated rings. The van der Waals surface area contributed by atoms with Crippen LogP contribution in [0.1, 0.15) is 25.1 Å². The Morgan fingerprint density at radius 1 is 1.44 bits per heavy atom. The maximum Gasteiger partial charge on any atom is 0.203 e. The van der Waals surface area contributed by atoms with Gasteiger partial charge in [0, 0.05) is 25.0 Å². The number of nitrogens with zero attached hydrogens (tertiary/aromatic N) is 4. The lowest BCUT2D eigenvalue weighted by molar-refractivity contribution is 0.565. The second-order valence-corrected chi connectivity index (χ2v) is 5.04. The summed E-state index contributed by atoms with van der Waals surface area (Å²) >= 11 is 0. The molecule has 6 heteroatoms. The first-order chi connectivity index (χ1) is 8.74. The summed E-state index contributed by atoms with van der Waals surface area (Å²) in [4.78, 5) is 4.33. The van der Waals surface area contributed by atoms with Crippen LogP contribution >= 0.6 is 0 Å². The van der Waals surface area contributed by atoms with Crippen LogP contribution in [0.25, 0.3) is 5.65 Å². The van der Waals surface area contributed by atoms with E-state index in [1.165, 1.54) is 6.42 Å². The van der Waals surface area contributed by atoms with Crippen LogP contribution in [0.5, 0.6) is 0 Å². The van der Waals surface area contributed by atoms with E-state index < -0.39 is 0 Å². The third kappa shape index (κ3) is 2.03. The minimum Gasteiger partial charge on any atom is -0.367 e. The largest absolute Gasteiger partial charge is 0.367 e. The van der Waals surface area contributed by atoms with Crippen molar-refractivity contribution in [3.05, 3.63) is 18.2 Å². The first kappa shape index (κ1) is 11.4. The molecule has 2 aromatic rings. The molecule has 0 amide bonds. The van der Waals surface area contributed by atoms with Gasteiger partial charge in [-0.3, -0.25) is 4.40 Å². The fraction of sp³-hybridized carbons (Fsp3) is 0.583. The van der Waals surface area contributed by atoms with Crippen molar-refractivity contribution >= 4 is 11.5 Å². The van der Waals surface area contributed by atoms with Crippen molar-refractivity contribution in [2.75, 3.05) is 11.9 Å². The van der Waals surface area contributed by atoms with Gasteiger partial charge < -0.3 is 11.1 Å². The van der Waals surface area contributed by atoms with Crippen LogP contribution in [-0.4, -0.2) is 32.2 Å². The average Bonchev–Trinajstić information content (AvgIpc) is 2.94. The first-order valence-corrected chi connectivity index (χ1v) is 6.40. The van der Waals surface area contributed by atoms with Crippen LogP contribution in [0.4, 0.5) is 5.82 Å². The van der Waals surface area contributed by atoms with Crippen LogP contribution in [-0.2, 0) is 0 Å². The van der Waals surface area contributed by atoms with Crippen LogP contribution in [0.3, 0.4) is 0 Å². The number of aromatic nitrogens is 4. The van der Waals surface area contributed by atoms with Gasteiger partial charge in [-0.15, -0.1) is 10.2 Å². The van der Waals surface area contributed by atoms with E-state index in [-0.39, 0.29) is 0 Å². The minimum atomic E-state index is 0.371. The highest BCUT2D eigenvalue weighted by Gasteiger charge is 2.21. The lowest BCUT2D eigenvalue weighted by Crippen LogP contribution is -2.18. The van der Waals surface area contributed by atoms with Crippen molar-refractivity contribution in [2.24, 2.45) is 11.7 Å². The number of anilines is 1. The van der Waals surface area contributed by atoms with Gasteiger partial charge in [0.25, 0.3) is 0 Å². The van der Waals surface area contributed by atoms with Crippen molar-refractivity contribution in [3.63, 3.8) is 0 Å². The number of hydrogen-bond donors (Lipinski definition) is 2. The molecule has 1 aliphatic rings. The molecule has 0 aliphatic heterocycles. The van der Waals surface area contributed by atoms with E-state index in [1.807, 2.05) is 17.5 Å². The number of nitrogens with one attached hydrogen (secondary N) is 1. The second kappa shape index (κ2) is 4.53. The van der Waals surface area contributed by atoms with Crippen molar-refractivity contribution in [1.29, 1.82) is 0 Å². The number of hydrogen-bond acceptors (Lipinski definition) is 5. The quantitative estimate of drug-likeness (QED) is 0.843. The van der Waals surface area contributed by atoms with Gasteiger partial charge in [0.2, 0.25) is 5.65 Å². The summed E-state index contributed by atoms with van der Waals surface area (Å²) in [5, 5.41) is 11.6. The van der Waals surface area contributed by atoms with E-state index in [4.69, 9.17) is 5.73 Å². The molecule has 2 unspecified atom stereocenters. The van der Waals surface area contributed by atoms with E-state index in [9.17, 15) is 0 Å². The Kier molecular flexibility index (Phi) is 2.87. The van der Waals surface area contributed by atoms with E-state index in [0.717, 1.165) is 36.7 Å². The van der Waals surface area contributed by atoms with Gasteiger partial charge in [-0.1, -0.05) is 0 Å². The summed E-state index contributed by atoms with van der Waals surface area (Å²) in [7, 11) is 0. The van der Waals surface area contributed by atoms with Crippen molar-refractivity contribution < 1.29 is 0 Å². The molecule has 0 aromatic carbocycles. The Morgan fingerprint density at radius 3 is 3.11 bits per heavy atom. The predicted octanol–water partition coefficient (Wildman–Crippen LogP) is 0.972. The molecule has 3 N–H and O–H groups in total. The van der Waals surface area contributed by atoms with E-state index >= 15 is 0 Å². The van der Waals surface area contributed by atoms with Gasteiger partial charge in [0.05, 0.1) is 0 Å². The highest BCUT2D eigenvalue weighted by Crippen LogP contribution is 2.24. The Labute approximate surface area is 106 Å². The summed E-state index contributed by atoms with van der Waals surface area (Å²) in [5.74, 6) is 2.32. The maximum absolute atomic E-state index is 5.92. The molecule has 0 bridgehead atoms. The molecular formula is C12H18N6. The first-order valence-electron chi connectivity index (χ1n) is 6.40. The zero-order valence-electron chi connectivity index (χ0n) is 10.5. The molecule has 96 valence electrons. The average molecular weight is 246 g/mol. The molecule has 6 nitrogen and oxygen atoms in total. The maximum atomic E-state index is 5.92. The summed E-state index contributed by atoms with van der Waals surface area (Å²) in [6.07, 6.45) is 7.08. The topological polar surface area (TPSA) is 81.1 Å². The molecule has 0 saturated heterocycles. The third-order valence-electron chi connectivity index (χ3n) is 3.64. The molecule has 18 heavy (non-hydrogen) atoms. The smallest absolute Gasteiger partial charge is 0.203 e. The SMILES string of the molecule is Cc1nnc2c(NCC3CCC(N)C3)nccn12. The summed E-state index contributed by atoms with van der Waals surface area (Å²) in [5.41, 5.74) is 6.71. The van der Waals surface area contributed by atoms with Crippen molar-refractivity contribution in [2.45, 2.75) is 32.2 Å². The zero-order valence-corrected chi connectivity index (χ0v) is 10.5. The van der Waals surface area contributed by atoms with Crippen LogP contribution in [0.15, 0.2) is 12.4 Å². The number of rotatable bonds is 3. The fourth-order valence-corrected chi connectivity index (χ4v) is 2.61. The predicted molar refractivity (Wildman–Crippen MR) is 69.3 cm³/mol. The molecule has 1 saturated carbocycles. The van der Waals surface area contributed by atoms with Crippen molar-refractivity contribution in [3.8, 4) is 0 Å². The van der Waals surface area contributed by atoms with Gasteiger partial charge in [-0.25, -0.2) is 4.98 Å². The molecule has 0 radical (unpaired) electrons. The highest BCUT2D eigenvalue weighted by molar-refractivity contribution is 5.61. The number of aryl methyl sites for hydroxylation is 1. The summed E-state index contributed by atoms with van der Waals surface area (Å²) in [6.45, 7) is 2.84. The second-order valence-electron chi connectivity index (χ2n) is 5.04. The highest BCUT2D eigenvalue weighted by atomic mass is 15.3. The molecular weight excluding hydrogens is 228 g/mol.